The molecule has 4 rings (SSSR count). The Hall–Kier alpha value is -2.01. The molecule has 0 bridgehead atoms. The Morgan fingerprint density at radius 2 is 1.81 bits per heavy atom. The minimum Gasteiger partial charge on any atom is -0.493 e. The summed E-state index contributed by atoms with van der Waals surface area (Å²) in [4.78, 5) is 7.05. The molecule has 2 aromatic rings. The third kappa shape index (κ3) is 3.98. The Labute approximate surface area is 162 Å². The zero-order valence-electron chi connectivity index (χ0n) is 16.7. The maximum absolute atomic E-state index is 5.51. The van der Waals surface area contributed by atoms with Crippen LogP contribution in [0.1, 0.15) is 32.6 Å². The summed E-state index contributed by atoms with van der Waals surface area (Å²) in [6, 6.07) is 6.97. The van der Waals surface area contributed by atoms with Crippen molar-refractivity contribution in [2.75, 3.05) is 38.8 Å². The van der Waals surface area contributed by atoms with Crippen molar-refractivity contribution in [3.63, 3.8) is 0 Å². The maximum Gasteiger partial charge on any atom is 0.162 e. The standard InChI is InChI=1S/C22H31N3O2/c1-15(14-24-17-4-5-17)16-7-10-25(11-8-16)20-6-9-23-19-13-22(27-3)21(26-2)12-18(19)20/h6,9,12-13,15-17,24H,4-5,7-8,10-11,14H2,1-3H3. The Bertz CT molecular complexity index is 782. The van der Waals surface area contributed by atoms with E-state index in [0.717, 1.165) is 53.4 Å². The first-order valence-corrected chi connectivity index (χ1v) is 10.2. The van der Waals surface area contributed by atoms with E-state index in [1.54, 1.807) is 14.2 Å². The van der Waals surface area contributed by atoms with Crippen molar-refractivity contribution >= 4 is 16.6 Å². The van der Waals surface area contributed by atoms with Gasteiger partial charge in [-0.05, 0) is 56.2 Å². The molecule has 1 saturated carbocycles. The molecule has 146 valence electrons. The van der Waals surface area contributed by atoms with Gasteiger partial charge in [-0.1, -0.05) is 6.92 Å². The number of rotatable bonds is 7. The lowest BCUT2D eigenvalue weighted by atomic mass is 9.85. The Morgan fingerprint density at radius 3 is 2.48 bits per heavy atom. The summed E-state index contributed by atoms with van der Waals surface area (Å²) in [6.07, 6.45) is 7.15. The molecule has 0 radical (unpaired) electrons. The van der Waals surface area contributed by atoms with Crippen molar-refractivity contribution in [1.82, 2.24) is 10.3 Å². The zero-order valence-corrected chi connectivity index (χ0v) is 16.7. The van der Waals surface area contributed by atoms with Gasteiger partial charge in [0, 0.05) is 42.5 Å². The van der Waals surface area contributed by atoms with E-state index >= 15 is 0 Å². The molecule has 1 N–H and O–H groups in total. The lowest BCUT2D eigenvalue weighted by Crippen LogP contribution is -2.38. The fraction of sp³-hybridized carbons (Fsp3) is 0.591. The average molecular weight is 370 g/mol. The number of piperidine rings is 1. The Kier molecular flexibility index (Phi) is 5.39. The minimum atomic E-state index is 0.727. The first-order chi connectivity index (χ1) is 13.2. The monoisotopic (exact) mass is 369 g/mol. The highest BCUT2D eigenvalue weighted by Crippen LogP contribution is 2.37. The average Bonchev–Trinajstić information content (AvgIpc) is 3.55. The number of fused-ring (bicyclic) bond motifs is 1. The highest BCUT2D eigenvalue weighted by molar-refractivity contribution is 5.94. The molecule has 5 heteroatoms. The van der Waals surface area contributed by atoms with Crippen LogP contribution >= 0.6 is 0 Å². The van der Waals surface area contributed by atoms with Crippen LogP contribution in [-0.4, -0.2) is 44.9 Å². The van der Waals surface area contributed by atoms with E-state index in [1.807, 2.05) is 12.3 Å². The molecule has 2 fully saturated rings. The summed E-state index contributed by atoms with van der Waals surface area (Å²) < 4.78 is 10.9. The molecule has 1 aliphatic heterocycles. The first kappa shape index (κ1) is 18.4. The van der Waals surface area contributed by atoms with Crippen molar-refractivity contribution in [3.05, 3.63) is 24.4 Å². The predicted octanol–water partition coefficient (Wildman–Crippen LogP) is 3.86. The molecule has 1 unspecified atom stereocenters. The van der Waals surface area contributed by atoms with Crippen LogP contribution in [0, 0.1) is 11.8 Å². The van der Waals surface area contributed by atoms with Gasteiger partial charge in [-0.3, -0.25) is 4.98 Å². The molecule has 0 spiro atoms. The van der Waals surface area contributed by atoms with Crippen LogP contribution in [0.4, 0.5) is 5.69 Å². The first-order valence-electron chi connectivity index (χ1n) is 10.2. The highest BCUT2D eigenvalue weighted by Gasteiger charge is 2.27. The molecule has 2 heterocycles. The Balaban J connectivity index is 1.48. The molecular weight excluding hydrogens is 338 g/mol. The smallest absolute Gasteiger partial charge is 0.162 e. The fourth-order valence-electron chi connectivity index (χ4n) is 4.25. The largest absolute Gasteiger partial charge is 0.493 e. The van der Waals surface area contributed by atoms with Gasteiger partial charge in [0.05, 0.1) is 19.7 Å². The second kappa shape index (κ2) is 7.93. The second-order valence-corrected chi connectivity index (χ2v) is 8.04. The third-order valence-corrected chi connectivity index (χ3v) is 6.21. The van der Waals surface area contributed by atoms with Crippen LogP contribution in [0.5, 0.6) is 11.5 Å². The van der Waals surface area contributed by atoms with E-state index < -0.39 is 0 Å². The molecule has 1 aromatic carbocycles. The van der Waals surface area contributed by atoms with Crippen LogP contribution in [0.3, 0.4) is 0 Å². The van der Waals surface area contributed by atoms with Gasteiger partial charge in [0.25, 0.3) is 0 Å². The lowest BCUT2D eigenvalue weighted by Gasteiger charge is -2.36. The molecule has 2 aliphatic rings. The van der Waals surface area contributed by atoms with Crippen molar-refractivity contribution < 1.29 is 9.47 Å². The number of methoxy groups -OCH3 is 2. The molecule has 1 atom stereocenters. The maximum atomic E-state index is 5.51. The van der Waals surface area contributed by atoms with Gasteiger partial charge < -0.3 is 19.7 Å². The van der Waals surface area contributed by atoms with Crippen LogP contribution in [-0.2, 0) is 0 Å². The predicted molar refractivity (Wildman–Crippen MR) is 110 cm³/mol. The van der Waals surface area contributed by atoms with Gasteiger partial charge in [0.1, 0.15) is 0 Å². The van der Waals surface area contributed by atoms with E-state index in [1.165, 1.54) is 37.9 Å². The van der Waals surface area contributed by atoms with E-state index in [-0.39, 0.29) is 0 Å². The number of hydrogen-bond donors (Lipinski definition) is 1. The number of hydrogen-bond acceptors (Lipinski definition) is 5. The number of aromatic nitrogens is 1. The second-order valence-electron chi connectivity index (χ2n) is 8.04. The minimum absolute atomic E-state index is 0.727. The molecule has 1 saturated heterocycles. The molecule has 27 heavy (non-hydrogen) atoms. The fourth-order valence-corrected chi connectivity index (χ4v) is 4.25. The molecule has 1 aliphatic carbocycles. The van der Waals surface area contributed by atoms with Gasteiger partial charge >= 0.3 is 0 Å². The summed E-state index contributed by atoms with van der Waals surface area (Å²) in [5, 5.41) is 4.83. The normalized spacial score (nSPS) is 19.3. The number of anilines is 1. The molecular formula is C22H31N3O2. The SMILES string of the molecule is COc1cc2nccc(N3CCC(C(C)CNC4CC4)CC3)c2cc1OC. The summed E-state index contributed by atoms with van der Waals surface area (Å²) in [6.45, 7) is 5.79. The quantitative estimate of drug-likeness (QED) is 0.803. The van der Waals surface area contributed by atoms with Crippen LogP contribution in [0.25, 0.3) is 10.9 Å². The van der Waals surface area contributed by atoms with Gasteiger partial charge in [-0.2, -0.15) is 0 Å². The van der Waals surface area contributed by atoms with Crippen LogP contribution < -0.4 is 19.7 Å². The third-order valence-electron chi connectivity index (χ3n) is 6.21. The summed E-state index contributed by atoms with van der Waals surface area (Å²) in [5.74, 6) is 3.06. The summed E-state index contributed by atoms with van der Waals surface area (Å²) in [7, 11) is 3.35. The number of pyridine rings is 1. The van der Waals surface area contributed by atoms with Crippen LogP contribution in [0.15, 0.2) is 24.4 Å². The van der Waals surface area contributed by atoms with Gasteiger partial charge in [-0.25, -0.2) is 0 Å². The van der Waals surface area contributed by atoms with Crippen molar-refractivity contribution in [3.8, 4) is 11.5 Å². The lowest BCUT2D eigenvalue weighted by molar-refractivity contribution is 0.283. The number of ether oxygens (including phenoxy) is 2. The highest BCUT2D eigenvalue weighted by atomic mass is 16.5. The molecule has 5 nitrogen and oxygen atoms in total. The van der Waals surface area contributed by atoms with Crippen molar-refractivity contribution in [2.45, 2.75) is 38.6 Å². The van der Waals surface area contributed by atoms with E-state index in [2.05, 4.69) is 34.3 Å². The molecule has 0 amide bonds. The topological polar surface area (TPSA) is 46.6 Å². The van der Waals surface area contributed by atoms with Crippen LogP contribution in [0.2, 0.25) is 0 Å². The van der Waals surface area contributed by atoms with E-state index in [9.17, 15) is 0 Å². The zero-order chi connectivity index (χ0) is 18.8. The Morgan fingerprint density at radius 1 is 1.11 bits per heavy atom. The van der Waals surface area contributed by atoms with E-state index in [4.69, 9.17) is 9.47 Å². The van der Waals surface area contributed by atoms with Crippen molar-refractivity contribution in [1.29, 1.82) is 0 Å². The van der Waals surface area contributed by atoms with Gasteiger partial charge in [-0.15, -0.1) is 0 Å². The van der Waals surface area contributed by atoms with E-state index in [0.29, 0.717) is 0 Å². The molecule has 1 aromatic heterocycles. The summed E-state index contributed by atoms with van der Waals surface area (Å²) >= 11 is 0. The number of benzene rings is 1. The van der Waals surface area contributed by atoms with Gasteiger partial charge in [0.15, 0.2) is 11.5 Å². The number of nitrogens with one attached hydrogen (secondary N) is 1. The van der Waals surface area contributed by atoms with Crippen molar-refractivity contribution in [2.24, 2.45) is 11.8 Å². The van der Waals surface area contributed by atoms with Gasteiger partial charge in [0.2, 0.25) is 0 Å². The summed E-state index contributed by atoms with van der Waals surface area (Å²) in [5.41, 5.74) is 2.21. The number of nitrogens with zero attached hydrogens (tertiary/aromatic N) is 2.